The number of thiazole rings is 1. The lowest BCUT2D eigenvalue weighted by Crippen LogP contribution is -2.30. The van der Waals surface area contributed by atoms with Gasteiger partial charge in [-0.15, -0.1) is 23.7 Å². The fourth-order valence-corrected chi connectivity index (χ4v) is 1.83. The first-order valence-corrected chi connectivity index (χ1v) is 5.72. The maximum atomic E-state index is 4.21. The van der Waals surface area contributed by atoms with E-state index in [0.717, 1.165) is 18.8 Å². The second-order valence-electron chi connectivity index (χ2n) is 3.38. The summed E-state index contributed by atoms with van der Waals surface area (Å²) in [7, 11) is 0. The highest BCUT2D eigenvalue weighted by Crippen LogP contribution is 2.00. The van der Waals surface area contributed by atoms with E-state index < -0.39 is 0 Å². The lowest BCUT2D eigenvalue weighted by atomic mass is 10.3. The van der Waals surface area contributed by atoms with Crippen LogP contribution in [0.1, 0.15) is 12.6 Å². The summed E-state index contributed by atoms with van der Waals surface area (Å²) in [6, 6.07) is 0.355. The van der Waals surface area contributed by atoms with E-state index in [0.29, 0.717) is 6.04 Å². The molecule has 1 atom stereocenters. The smallest absolute Gasteiger partial charge is 0.137 e. The van der Waals surface area contributed by atoms with Crippen LogP contribution in [0.5, 0.6) is 0 Å². The summed E-state index contributed by atoms with van der Waals surface area (Å²) in [6.07, 6.45) is 3.27. The molecule has 7 heteroatoms. The van der Waals surface area contributed by atoms with E-state index in [1.807, 2.05) is 10.2 Å². The SMILES string of the molecule is CC(Cn1cncn1)NCc1cscn1.Cl. The van der Waals surface area contributed by atoms with Crippen LogP contribution in [-0.2, 0) is 13.1 Å². The van der Waals surface area contributed by atoms with Crippen LogP contribution >= 0.6 is 23.7 Å². The van der Waals surface area contributed by atoms with E-state index in [2.05, 4.69) is 32.7 Å². The first kappa shape index (κ1) is 13.1. The fraction of sp³-hybridized carbons (Fsp3) is 0.444. The Kier molecular flexibility index (Phi) is 5.37. The molecule has 0 amide bonds. The van der Waals surface area contributed by atoms with Gasteiger partial charge in [-0.2, -0.15) is 5.10 Å². The van der Waals surface area contributed by atoms with Crippen LogP contribution in [0.25, 0.3) is 0 Å². The van der Waals surface area contributed by atoms with Crippen molar-refractivity contribution in [1.29, 1.82) is 0 Å². The molecule has 0 bridgehead atoms. The maximum absolute atomic E-state index is 4.21. The molecule has 16 heavy (non-hydrogen) atoms. The highest BCUT2D eigenvalue weighted by molar-refractivity contribution is 7.07. The van der Waals surface area contributed by atoms with Crippen molar-refractivity contribution in [1.82, 2.24) is 25.1 Å². The minimum absolute atomic E-state index is 0. The molecule has 0 saturated heterocycles. The molecule has 0 spiro atoms. The van der Waals surface area contributed by atoms with Crippen molar-refractivity contribution < 1.29 is 0 Å². The largest absolute Gasteiger partial charge is 0.307 e. The molecule has 0 aromatic carbocycles. The van der Waals surface area contributed by atoms with Gasteiger partial charge in [0, 0.05) is 18.0 Å². The maximum Gasteiger partial charge on any atom is 0.137 e. The monoisotopic (exact) mass is 259 g/mol. The molecular weight excluding hydrogens is 246 g/mol. The molecule has 0 aliphatic carbocycles. The molecule has 2 aromatic rings. The first-order valence-electron chi connectivity index (χ1n) is 4.77. The third-order valence-corrected chi connectivity index (χ3v) is 2.68. The highest BCUT2D eigenvalue weighted by atomic mass is 35.5. The Morgan fingerprint density at radius 1 is 1.56 bits per heavy atom. The Labute approximate surface area is 104 Å². The Morgan fingerprint density at radius 3 is 3.06 bits per heavy atom. The van der Waals surface area contributed by atoms with Crippen LogP contribution in [0.3, 0.4) is 0 Å². The van der Waals surface area contributed by atoms with E-state index in [-0.39, 0.29) is 12.4 Å². The van der Waals surface area contributed by atoms with Gasteiger partial charge in [-0.25, -0.2) is 9.97 Å². The standard InChI is InChI=1S/C9H13N5S.ClH/c1-8(3-14-6-10-5-13-14)11-2-9-4-15-7-12-9;/h4-8,11H,2-3H2,1H3;1H. The van der Waals surface area contributed by atoms with Gasteiger partial charge in [0.25, 0.3) is 0 Å². The van der Waals surface area contributed by atoms with Crippen LogP contribution in [0.4, 0.5) is 0 Å². The molecule has 0 aliphatic heterocycles. The number of halogens is 1. The van der Waals surface area contributed by atoms with Crippen molar-refractivity contribution in [3.05, 3.63) is 29.2 Å². The predicted molar refractivity (Wildman–Crippen MR) is 65.7 cm³/mol. The molecule has 1 unspecified atom stereocenters. The predicted octanol–water partition coefficient (Wildman–Crippen LogP) is 1.33. The van der Waals surface area contributed by atoms with E-state index in [1.54, 1.807) is 24.0 Å². The zero-order valence-corrected chi connectivity index (χ0v) is 10.5. The molecule has 5 nitrogen and oxygen atoms in total. The molecular formula is C9H14ClN5S. The summed E-state index contributed by atoms with van der Waals surface area (Å²) in [5, 5.41) is 9.48. The Balaban J connectivity index is 0.00000128. The van der Waals surface area contributed by atoms with Gasteiger partial charge in [0.1, 0.15) is 12.7 Å². The summed E-state index contributed by atoms with van der Waals surface area (Å²) in [6.45, 7) is 3.75. The lowest BCUT2D eigenvalue weighted by molar-refractivity contribution is 0.448. The van der Waals surface area contributed by atoms with Crippen LogP contribution in [0, 0.1) is 0 Å². The topological polar surface area (TPSA) is 55.6 Å². The Hall–Kier alpha value is -0.980. The number of hydrogen-bond donors (Lipinski definition) is 1. The van der Waals surface area contributed by atoms with Gasteiger partial charge >= 0.3 is 0 Å². The third-order valence-electron chi connectivity index (χ3n) is 2.04. The quantitative estimate of drug-likeness (QED) is 0.880. The minimum atomic E-state index is 0. The van der Waals surface area contributed by atoms with E-state index in [9.17, 15) is 0 Å². The first-order chi connectivity index (χ1) is 7.34. The van der Waals surface area contributed by atoms with E-state index >= 15 is 0 Å². The van der Waals surface area contributed by atoms with Crippen LogP contribution < -0.4 is 5.32 Å². The summed E-state index contributed by atoms with van der Waals surface area (Å²) < 4.78 is 1.82. The van der Waals surface area contributed by atoms with Gasteiger partial charge in [0.15, 0.2) is 0 Å². The fourth-order valence-electron chi connectivity index (χ4n) is 1.28. The highest BCUT2D eigenvalue weighted by Gasteiger charge is 2.03. The van der Waals surface area contributed by atoms with Crippen LogP contribution in [0.2, 0.25) is 0 Å². The molecule has 0 aliphatic rings. The van der Waals surface area contributed by atoms with Crippen molar-refractivity contribution in [2.45, 2.75) is 26.1 Å². The normalized spacial score (nSPS) is 12.1. The zero-order valence-electron chi connectivity index (χ0n) is 8.91. The van der Waals surface area contributed by atoms with Crippen LogP contribution in [-0.4, -0.2) is 25.8 Å². The minimum Gasteiger partial charge on any atom is -0.307 e. The van der Waals surface area contributed by atoms with Crippen LogP contribution in [0.15, 0.2) is 23.5 Å². The summed E-state index contributed by atoms with van der Waals surface area (Å²) in [4.78, 5) is 8.11. The molecule has 88 valence electrons. The van der Waals surface area contributed by atoms with Gasteiger partial charge in [-0.3, -0.25) is 4.68 Å². The molecule has 0 fully saturated rings. The lowest BCUT2D eigenvalue weighted by Gasteiger charge is -2.12. The molecule has 2 heterocycles. The van der Waals surface area contributed by atoms with Gasteiger partial charge in [-0.05, 0) is 6.92 Å². The van der Waals surface area contributed by atoms with Crippen molar-refractivity contribution >= 4 is 23.7 Å². The molecule has 0 saturated carbocycles. The van der Waals surface area contributed by atoms with Gasteiger partial charge < -0.3 is 5.32 Å². The van der Waals surface area contributed by atoms with Crippen molar-refractivity contribution in [3.63, 3.8) is 0 Å². The number of nitrogens with zero attached hydrogens (tertiary/aromatic N) is 4. The average Bonchev–Trinajstić information content (AvgIpc) is 2.86. The van der Waals surface area contributed by atoms with E-state index in [4.69, 9.17) is 0 Å². The number of aromatic nitrogens is 4. The van der Waals surface area contributed by atoms with E-state index in [1.165, 1.54) is 0 Å². The van der Waals surface area contributed by atoms with Gasteiger partial charge in [0.2, 0.25) is 0 Å². The number of rotatable bonds is 5. The zero-order chi connectivity index (χ0) is 10.5. The summed E-state index contributed by atoms with van der Waals surface area (Å²) in [5.41, 5.74) is 2.93. The second kappa shape index (κ2) is 6.57. The summed E-state index contributed by atoms with van der Waals surface area (Å²) in [5.74, 6) is 0. The Bertz CT molecular complexity index is 375. The van der Waals surface area contributed by atoms with Crippen molar-refractivity contribution in [2.24, 2.45) is 0 Å². The second-order valence-corrected chi connectivity index (χ2v) is 4.10. The van der Waals surface area contributed by atoms with Crippen molar-refractivity contribution in [3.8, 4) is 0 Å². The molecule has 2 rings (SSSR count). The van der Waals surface area contributed by atoms with Gasteiger partial charge in [-0.1, -0.05) is 0 Å². The number of hydrogen-bond acceptors (Lipinski definition) is 5. The molecule has 2 aromatic heterocycles. The molecule has 0 radical (unpaired) electrons. The van der Waals surface area contributed by atoms with Gasteiger partial charge in [0.05, 0.1) is 17.7 Å². The third kappa shape index (κ3) is 3.88. The number of nitrogens with one attached hydrogen (secondary N) is 1. The summed E-state index contributed by atoms with van der Waals surface area (Å²) >= 11 is 1.62. The molecule has 1 N–H and O–H groups in total. The Morgan fingerprint density at radius 2 is 2.44 bits per heavy atom. The average molecular weight is 260 g/mol. The van der Waals surface area contributed by atoms with Crippen molar-refractivity contribution in [2.75, 3.05) is 0 Å².